The summed E-state index contributed by atoms with van der Waals surface area (Å²) in [5, 5.41) is 10.4. The Hall–Kier alpha value is -2.45. The highest BCUT2D eigenvalue weighted by Gasteiger charge is 2.28. The van der Waals surface area contributed by atoms with Gasteiger partial charge in [0.05, 0.1) is 11.1 Å². The smallest absolute Gasteiger partial charge is 0.222 e. The van der Waals surface area contributed by atoms with Gasteiger partial charge in [-0.3, -0.25) is 9.78 Å². The molecule has 1 atom stereocenters. The van der Waals surface area contributed by atoms with E-state index >= 15 is 0 Å². The summed E-state index contributed by atoms with van der Waals surface area (Å²) in [6.45, 7) is 3.85. The van der Waals surface area contributed by atoms with Gasteiger partial charge in [0.1, 0.15) is 6.07 Å². The molecule has 0 bridgehead atoms. The largest absolute Gasteiger partial charge is 0.342 e. The third-order valence-corrected chi connectivity index (χ3v) is 6.44. The molecule has 3 heterocycles. The number of benzene rings is 1. The lowest BCUT2D eigenvalue weighted by molar-refractivity contribution is -0.133. The number of nitriles is 1. The van der Waals surface area contributed by atoms with Crippen molar-refractivity contribution in [3.8, 4) is 6.07 Å². The quantitative estimate of drug-likeness (QED) is 0.822. The van der Waals surface area contributed by atoms with Crippen molar-refractivity contribution in [1.29, 1.82) is 5.26 Å². The summed E-state index contributed by atoms with van der Waals surface area (Å²) in [5.74, 6) is 1.16. The van der Waals surface area contributed by atoms with Crippen LogP contribution in [-0.2, 0) is 4.79 Å². The maximum Gasteiger partial charge on any atom is 0.222 e. The number of likely N-dealkylation sites (tertiary alicyclic amines) is 2. The molecule has 2 aliphatic heterocycles. The van der Waals surface area contributed by atoms with Gasteiger partial charge in [0.25, 0.3) is 0 Å². The predicted molar refractivity (Wildman–Crippen MR) is 110 cm³/mol. The summed E-state index contributed by atoms with van der Waals surface area (Å²) in [6.07, 6.45) is 6.80. The summed E-state index contributed by atoms with van der Waals surface area (Å²) in [4.78, 5) is 21.8. The molecule has 0 radical (unpaired) electrons. The van der Waals surface area contributed by atoms with Gasteiger partial charge in [-0.25, -0.2) is 0 Å². The van der Waals surface area contributed by atoms with E-state index in [9.17, 15) is 10.1 Å². The van der Waals surface area contributed by atoms with E-state index in [2.05, 4.69) is 40.0 Å². The van der Waals surface area contributed by atoms with E-state index in [1.165, 1.54) is 5.56 Å². The molecule has 0 N–H and O–H groups in total. The van der Waals surface area contributed by atoms with Crippen LogP contribution >= 0.6 is 0 Å². The third-order valence-electron chi connectivity index (χ3n) is 6.44. The van der Waals surface area contributed by atoms with Crippen molar-refractivity contribution in [3.05, 3.63) is 41.6 Å². The summed E-state index contributed by atoms with van der Waals surface area (Å²) in [7, 11) is 2.16. The normalized spacial score (nSPS) is 21.6. The van der Waals surface area contributed by atoms with Crippen LogP contribution in [0.5, 0.6) is 0 Å². The number of nitrogens with zero attached hydrogens (tertiary/aromatic N) is 4. The second kappa shape index (κ2) is 8.28. The SMILES string of the molecule is CN1CCC(CC(=O)N2CCCC(c3ccc(C#N)c4ncccc34)C2)CC1. The second-order valence-corrected chi connectivity index (χ2v) is 8.34. The molecule has 5 heteroatoms. The van der Waals surface area contributed by atoms with Crippen LogP contribution in [0.1, 0.15) is 49.1 Å². The van der Waals surface area contributed by atoms with Gasteiger partial charge in [0, 0.05) is 37.0 Å². The minimum Gasteiger partial charge on any atom is -0.342 e. The van der Waals surface area contributed by atoms with E-state index in [0.717, 1.165) is 62.8 Å². The molecule has 0 spiro atoms. The van der Waals surface area contributed by atoms with Crippen LogP contribution < -0.4 is 0 Å². The van der Waals surface area contributed by atoms with Crippen LogP contribution in [0.25, 0.3) is 10.9 Å². The topological polar surface area (TPSA) is 60.2 Å². The molecular formula is C23H28N4O. The molecular weight excluding hydrogens is 348 g/mol. The zero-order valence-corrected chi connectivity index (χ0v) is 16.6. The number of piperidine rings is 2. The highest BCUT2D eigenvalue weighted by Crippen LogP contribution is 2.33. The number of carbonyl (C=O) groups excluding carboxylic acids is 1. The summed E-state index contributed by atoms with van der Waals surface area (Å²) >= 11 is 0. The summed E-state index contributed by atoms with van der Waals surface area (Å²) in [5.41, 5.74) is 2.61. The summed E-state index contributed by atoms with van der Waals surface area (Å²) in [6, 6.07) is 10.2. The summed E-state index contributed by atoms with van der Waals surface area (Å²) < 4.78 is 0. The molecule has 1 aromatic heterocycles. The maximum absolute atomic E-state index is 12.9. The first-order chi connectivity index (χ1) is 13.7. The van der Waals surface area contributed by atoms with Crippen molar-refractivity contribution in [3.63, 3.8) is 0 Å². The van der Waals surface area contributed by atoms with Gasteiger partial charge in [0.2, 0.25) is 5.91 Å². The van der Waals surface area contributed by atoms with Gasteiger partial charge in [-0.1, -0.05) is 12.1 Å². The number of pyridine rings is 1. The number of fused-ring (bicyclic) bond motifs is 1. The van der Waals surface area contributed by atoms with E-state index in [0.29, 0.717) is 29.7 Å². The van der Waals surface area contributed by atoms with Gasteiger partial charge in [-0.15, -0.1) is 0 Å². The Bertz CT molecular complexity index is 895. The van der Waals surface area contributed by atoms with Crippen LogP contribution in [-0.4, -0.2) is 53.9 Å². The Labute approximate surface area is 167 Å². The van der Waals surface area contributed by atoms with E-state index in [1.807, 2.05) is 12.1 Å². The maximum atomic E-state index is 12.9. The molecule has 2 saturated heterocycles. The van der Waals surface area contributed by atoms with Crippen LogP contribution in [0, 0.1) is 17.2 Å². The number of amides is 1. The zero-order chi connectivity index (χ0) is 19.5. The lowest BCUT2D eigenvalue weighted by Crippen LogP contribution is -2.41. The first-order valence-electron chi connectivity index (χ1n) is 10.4. The fourth-order valence-corrected chi connectivity index (χ4v) is 4.74. The first kappa shape index (κ1) is 18.9. The van der Waals surface area contributed by atoms with Crippen LogP contribution in [0.4, 0.5) is 0 Å². The number of aromatic nitrogens is 1. The molecule has 2 aromatic rings. The average Bonchev–Trinajstić information content (AvgIpc) is 2.74. The molecule has 1 aromatic carbocycles. The minimum atomic E-state index is 0.314. The highest BCUT2D eigenvalue weighted by molar-refractivity contribution is 5.87. The lowest BCUT2D eigenvalue weighted by Gasteiger charge is -2.35. The van der Waals surface area contributed by atoms with Crippen LogP contribution in [0.3, 0.4) is 0 Å². The van der Waals surface area contributed by atoms with Gasteiger partial charge < -0.3 is 9.80 Å². The standard InChI is InChI=1S/C23H28N4O/c1-26-12-8-17(9-13-26)14-22(28)27-11-3-4-19(16-27)20-7-6-18(15-24)23-21(20)5-2-10-25-23/h2,5-7,10,17,19H,3-4,8-9,11-14,16H2,1H3. The van der Waals surface area contributed by atoms with Gasteiger partial charge >= 0.3 is 0 Å². The van der Waals surface area contributed by atoms with Gasteiger partial charge in [0.15, 0.2) is 0 Å². The van der Waals surface area contributed by atoms with E-state index < -0.39 is 0 Å². The van der Waals surface area contributed by atoms with Crippen LogP contribution in [0.15, 0.2) is 30.5 Å². The molecule has 0 aliphatic carbocycles. The predicted octanol–water partition coefficient (Wildman–Crippen LogP) is 3.54. The fourth-order valence-electron chi connectivity index (χ4n) is 4.74. The van der Waals surface area contributed by atoms with E-state index in [1.54, 1.807) is 6.20 Å². The third kappa shape index (κ3) is 3.88. The minimum absolute atomic E-state index is 0.314. The van der Waals surface area contributed by atoms with Crippen molar-refractivity contribution in [2.75, 3.05) is 33.2 Å². The van der Waals surface area contributed by atoms with Crippen molar-refractivity contribution in [1.82, 2.24) is 14.8 Å². The molecule has 0 saturated carbocycles. The van der Waals surface area contributed by atoms with Crippen molar-refractivity contribution >= 4 is 16.8 Å². The zero-order valence-electron chi connectivity index (χ0n) is 16.6. The second-order valence-electron chi connectivity index (χ2n) is 8.34. The fraction of sp³-hybridized carbons (Fsp3) is 0.522. The molecule has 146 valence electrons. The average molecular weight is 377 g/mol. The first-order valence-corrected chi connectivity index (χ1v) is 10.4. The molecule has 1 amide bonds. The highest BCUT2D eigenvalue weighted by atomic mass is 16.2. The molecule has 28 heavy (non-hydrogen) atoms. The monoisotopic (exact) mass is 376 g/mol. The van der Waals surface area contributed by atoms with Crippen LogP contribution in [0.2, 0.25) is 0 Å². The Morgan fingerprint density at radius 3 is 2.82 bits per heavy atom. The Morgan fingerprint density at radius 2 is 2.04 bits per heavy atom. The van der Waals surface area contributed by atoms with Gasteiger partial charge in [-0.05, 0) is 69.4 Å². The van der Waals surface area contributed by atoms with E-state index in [-0.39, 0.29) is 0 Å². The van der Waals surface area contributed by atoms with Crippen molar-refractivity contribution < 1.29 is 4.79 Å². The lowest BCUT2D eigenvalue weighted by atomic mass is 9.86. The molecule has 4 rings (SSSR count). The number of rotatable bonds is 3. The van der Waals surface area contributed by atoms with Gasteiger partial charge in [-0.2, -0.15) is 5.26 Å². The number of hydrogen-bond donors (Lipinski definition) is 0. The van der Waals surface area contributed by atoms with Crippen molar-refractivity contribution in [2.45, 2.75) is 38.0 Å². The molecule has 1 unspecified atom stereocenters. The molecule has 2 aliphatic rings. The molecule has 2 fully saturated rings. The number of hydrogen-bond acceptors (Lipinski definition) is 4. The van der Waals surface area contributed by atoms with Crippen molar-refractivity contribution in [2.24, 2.45) is 5.92 Å². The Morgan fingerprint density at radius 1 is 1.21 bits per heavy atom. The van der Waals surface area contributed by atoms with E-state index in [4.69, 9.17) is 0 Å². The Kier molecular flexibility index (Phi) is 5.59. The number of carbonyl (C=O) groups is 1. The Balaban J connectivity index is 1.49. The molecule has 5 nitrogen and oxygen atoms in total.